The average Bonchev–Trinajstić information content (AvgIpc) is 1.88. The van der Waals surface area contributed by atoms with Crippen LogP contribution in [0.15, 0.2) is 0 Å². The van der Waals surface area contributed by atoms with Crippen molar-refractivity contribution in [2.45, 2.75) is 13.8 Å². The lowest BCUT2D eigenvalue weighted by molar-refractivity contribution is -0.127. The Labute approximate surface area is 62.4 Å². The van der Waals surface area contributed by atoms with E-state index in [0.717, 1.165) is 19.6 Å². The highest BCUT2D eigenvalue weighted by Gasteiger charge is 1.98. The molecule has 3 heteroatoms. The van der Waals surface area contributed by atoms with Crippen LogP contribution in [-0.4, -0.2) is 37.5 Å². The molecule has 0 aliphatic carbocycles. The highest BCUT2D eigenvalue weighted by molar-refractivity contribution is 5.72. The number of nitrogens with zero attached hydrogens (tertiary/aromatic N) is 1. The second kappa shape index (κ2) is 5.23. The number of carbonyl (C=O) groups excluding carboxylic acids is 1. The minimum absolute atomic E-state index is 0.123. The first-order chi connectivity index (χ1) is 4.68. The summed E-state index contributed by atoms with van der Waals surface area (Å²) in [6, 6.07) is 0. The molecule has 0 aromatic heterocycles. The van der Waals surface area contributed by atoms with Gasteiger partial charge in [0, 0.05) is 27.1 Å². The highest BCUT2D eigenvalue weighted by atomic mass is 16.2. The molecule has 0 heterocycles. The summed E-state index contributed by atoms with van der Waals surface area (Å²) in [6.45, 7) is 6.27. The number of rotatable bonds is 4. The van der Waals surface area contributed by atoms with Gasteiger partial charge >= 0.3 is 0 Å². The minimum Gasteiger partial charge on any atom is -0.345 e. The maximum atomic E-state index is 10.6. The van der Waals surface area contributed by atoms with E-state index in [-0.39, 0.29) is 5.91 Å². The Morgan fingerprint density at radius 1 is 1.60 bits per heavy atom. The van der Waals surface area contributed by atoms with E-state index in [9.17, 15) is 4.79 Å². The summed E-state index contributed by atoms with van der Waals surface area (Å²) < 4.78 is 0. The van der Waals surface area contributed by atoms with Gasteiger partial charge in [0.25, 0.3) is 0 Å². The van der Waals surface area contributed by atoms with Crippen molar-refractivity contribution in [3.63, 3.8) is 0 Å². The number of likely N-dealkylation sites (N-methyl/N-ethyl adjacent to an activating group) is 2. The molecule has 0 rings (SSSR count). The van der Waals surface area contributed by atoms with E-state index in [1.165, 1.54) is 0 Å². The quantitative estimate of drug-likeness (QED) is 0.566. The van der Waals surface area contributed by atoms with Gasteiger partial charge in [-0.3, -0.25) is 4.79 Å². The number of hydrogen-bond acceptors (Lipinski definition) is 2. The van der Waals surface area contributed by atoms with E-state index in [4.69, 9.17) is 0 Å². The van der Waals surface area contributed by atoms with Crippen LogP contribution >= 0.6 is 0 Å². The molecular weight excluding hydrogens is 128 g/mol. The molecule has 0 radical (unpaired) electrons. The summed E-state index contributed by atoms with van der Waals surface area (Å²) >= 11 is 0. The van der Waals surface area contributed by atoms with Crippen LogP contribution in [0.5, 0.6) is 0 Å². The maximum Gasteiger partial charge on any atom is 0.219 e. The molecule has 3 nitrogen and oxygen atoms in total. The summed E-state index contributed by atoms with van der Waals surface area (Å²) in [4.78, 5) is 12.3. The molecule has 0 aromatic carbocycles. The Balaban J connectivity index is 3.21. The molecule has 0 saturated heterocycles. The van der Waals surface area contributed by atoms with Gasteiger partial charge in [0.15, 0.2) is 0 Å². The van der Waals surface area contributed by atoms with Crippen LogP contribution in [0.2, 0.25) is 0 Å². The van der Waals surface area contributed by atoms with Gasteiger partial charge in [0.2, 0.25) is 5.91 Å². The van der Waals surface area contributed by atoms with Crippen LogP contribution in [-0.2, 0) is 4.79 Å². The van der Waals surface area contributed by atoms with Crippen molar-refractivity contribution in [2.24, 2.45) is 0 Å². The van der Waals surface area contributed by atoms with Crippen molar-refractivity contribution in [3.05, 3.63) is 0 Å². The monoisotopic (exact) mass is 144 g/mol. The SMILES string of the molecule is CCNCCN(C)C(C)=O. The smallest absolute Gasteiger partial charge is 0.219 e. The van der Waals surface area contributed by atoms with Crippen LogP contribution in [0, 0.1) is 0 Å². The van der Waals surface area contributed by atoms with E-state index >= 15 is 0 Å². The molecule has 0 aliphatic heterocycles. The van der Waals surface area contributed by atoms with Gasteiger partial charge in [-0.2, -0.15) is 0 Å². The highest BCUT2D eigenvalue weighted by Crippen LogP contribution is 1.79. The largest absolute Gasteiger partial charge is 0.345 e. The van der Waals surface area contributed by atoms with Crippen LogP contribution in [0.4, 0.5) is 0 Å². The Bertz CT molecular complexity index is 104. The lowest BCUT2D eigenvalue weighted by Crippen LogP contribution is -2.32. The molecule has 0 aromatic rings. The maximum absolute atomic E-state index is 10.6. The zero-order valence-corrected chi connectivity index (χ0v) is 6.98. The van der Waals surface area contributed by atoms with E-state index < -0.39 is 0 Å². The first-order valence-corrected chi connectivity index (χ1v) is 3.61. The summed E-state index contributed by atoms with van der Waals surface area (Å²) in [5, 5.41) is 3.14. The molecule has 0 unspecified atom stereocenters. The summed E-state index contributed by atoms with van der Waals surface area (Å²) in [5.41, 5.74) is 0. The topological polar surface area (TPSA) is 32.3 Å². The van der Waals surface area contributed by atoms with Crippen molar-refractivity contribution in [1.29, 1.82) is 0 Å². The van der Waals surface area contributed by atoms with Crippen molar-refractivity contribution in [3.8, 4) is 0 Å². The average molecular weight is 144 g/mol. The van der Waals surface area contributed by atoms with Crippen LogP contribution in [0.1, 0.15) is 13.8 Å². The molecule has 0 bridgehead atoms. The van der Waals surface area contributed by atoms with Crippen molar-refractivity contribution in [2.75, 3.05) is 26.7 Å². The Hall–Kier alpha value is -0.570. The molecule has 10 heavy (non-hydrogen) atoms. The van der Waals surface area contributed by atoms with E-state index in [1.54, 1.807) is 18.9 Å². The van der Waals surface area contributed by atoms with Gasteiger partial charge in [0.05, 0.1) is 0 Å². The van der Waals surface area contributed by atoms with Gasteiger partial charge < -0.3 is 10.2 Å². The fourth-order valence-corrected chi connectivity index (χ4v) is 0.581. The predicted octanol–water partition coefficient (Wildman–Crippen LogP) is 0.0742. The van der Waals surface area contributed by atoms with Gasteiger partial charge in [-0.15, -0.1) is 0 Å². The minimum atomic E-state index is 0.123. The molecule has 0 atom stereocenters. The lowest BCUT2D eigenvalue weighted by Gasteiger charge is -2.13. The van der Waals surface area contributed by atoms with Crippen molar-refractivity contribution in [1.82, 2.24) is 10.2 Å². The van der Waals surface area contributed by atoms with Gasteiger partial charge in [-0.25, -0.2) is 0 Å². The fourth-order valence-electron chi connectivity index (χ4n) is 0.581. The fraction of sp³-hybridized carbons (Fsp3) is 0.857. The lowest BCUT2D eigenvalue weighted by atomic mass is 10.5. The summed E-state index contributed by atoms with van der Waals surface area (Å²) in [7, 11) is 1.81. The van der Waals surface area contributed by atoms with Crippen molar-refractivity contribution >= 4 is 5.91 Å². The standard InChI is InChI=1S/C7H16N2O/c1-4-8-5-6-9(3)7(2)10/h8H,4-6H2,1-3H3. The second-order valence-corrected chi connectivity index (χ2v) is 2.29. The third kappa shape index (κ3) is 4.32. The zero-order chi connectivity index (χ0) is 7.98. The number of carbonyl (C=O) groups is 1. The van der Waals surface area contributed by atoms with Crippen LogP contribution in [0.25, 0.3) is 0 Å². The van der Waals surface area contributed by atoms with Gasteiger partial charge in [-0.1, -0.05) is 6.92 Å². The Morgan fingerprint density at radius 2 is 2.20 bits per heavy atom. The molecule has 0 aliphatic rings. The zero-order valence-electron chi connectivity index (χ0n) is 6.98. The molecule has 0 fully saturated rings. The molecule has 0 spiro atoms. The number of amides is 1. The molecule has 1 amide bonds. The van der Waals surface area contributed by atoms with Crippen molar-refractivity contribution < 1.29 is 4.79 Å². The molecular formula is C7H16N2O. The summed E-state index contributed by atoms with van der Waals surface area (Å²) in [5.74, 6) is 0.123. The molecule has 0 saturated carbocycles. The first-order valence-electron chi connectivity index (χ1n) is 3.61. The van der Waals surface area contributed by atoms with E-state index in [1.807, 2.05) is 6.92 Å². The first kappa shape index (κ1) is 9.43. The predicted molar refractivity (Wildman–Crippen MR) is 41.9 cm³/mol. The third-order valence-electron chi connectivity index (χ3n) is 1.41. The normalized spacial score (nSPS) is 9.50. The Morgan fingerprint density at radius 3 is 2.60 bits per heavy atom. The van der Waals surface area contributed by atoms with E-state index in [0.29, 0.717) is 0 Å². The number of nitrogens with one attached hydrogen (secondary N) is 1. The molecule has 60 valence electrons. The third-order valence-corrected chi connectivity index (χ3v) is 1.41. The van der Waals surface area contributed by atoms with E-state index in [2.05, 4.69) is 5.32 Å². The Kier molecular flexibility index (Phi) is 4.94. The number of hydrogen-bond donors (Lipinski definition) is 1. The van der Waals surface area contributed by atoms with Gasteiger partial charge in [-0.05, 0) is 6.54 Å². The van der Waals surface area contributed by atoms with Crippen LogP contribution in [0.3, 0.4) is 0 Å². The second-order valence-electron chi connectivity index (χ2n) is 2.29. The van der Waals surface area contributed by atoms with Crippen LogP contribution < -0.4 is 5.32 Å². The summed E-state index contributed by atoms with van der Waals surface area (Å²) in [6.07, 6.45) is 0. The molecule has 1 N–H and O–H groups in total. The van der Waals surface area contributed by atoms with Gasteiger partial charge in [0.1, 0.15) is 0 Å².